The molecule has 2 heteroatoms. The van der Waals surface area contributed by atoms with E-state index in [1.807, 2.05) is 12.1 Å². The smallest absolute Gasteiger partial charge is 0.119 e. The van der Waals surface area contributed by atoms with Crippen molar-refractivity contribution in [2.45, 2.75) is 66.0 Å². The van der Waals surface area contributed by atoms with E-state index in [0.717, 1.165) is 18.3 Å². The highest BCUT2D eigenvalue weighted by Crippen LogP contribution is 2.38. The summed E-state index contributed by atoms with van der Waals surface area (Å²) in [5.74, 6) is 1.71. The fraction of sp³-hybridized carbons (Fsp3) is 0.684. The maximum absolute atomic E-state index is 5.88. The minimum absolute atomic E-state index is 0.389. The molecule has 0 bridgehead atoms. The minimum Gasteiger partial charge on any atom is -0.492 e. The average Bonchev–Trinajstić information content (AvgIpc) is 2.41. The summed E-state index contributed by atoms with van der Waals surface area (Å²) >= 11 is 0. The van der Waals surface area contributed by atoms with Gasteiger partial charge in [0.05, 0.1) is 0 Å². The zero-order valence-corrected chi connectivity index (χ0v) is 14.3. The fourth-order valence-electron chi connectivity index (χ4n) is 3.46. The topological polar surface area (TPSA) is 21.3 Å². The van der Waals surface area contributed by atoms with Crippen molar-refractivity contribution in [3.8, 4) is 5.75 Å². The molecule has 0 saturated heterocycles. The van der Waals surface area contributed by atoms with Gasteiger partial charge < -0.3 is 10.1 Å². The third-order valence-electron chi connectivity index (χ3n) is 4.71. The van der Waals surface area contributed by atoms with E-state index in [0.29, 0.717) is 17.5 Å². The quantitative estimate of drug-likeness (QED) is 0.857. The normalized spacial score (nSPS) is 26.3. The van der Waals surface area contributed by atoms with E-state index in [-0.39, 0.29) is 0 Å². The molecule has 2 nitrogen and oxygen atoms in total. The van der Waals surface area contributed by atoms with Gasteiger partial charge in [-0.25, -0.2) is 0 Å². The monoisotopic (exact) mass is 289 g/mol. The molecule has 1 aromatic carbocycles. The van der Waals surface area contributed by atoms with Crippen LogP contribution in [0.5, 0.6) is 5.75 Å². The van der Waals surface area contributed by atoms with E-state index in [2.05, 4.69) is 52.1 Å². The summed E-state index contributed by atoms with van der Waals surface area (Å²) in [6.07, 6.45) is 3.92. The zero-order chi connectivity index (χ0) is 15.5. The highest BCUT2D eigenvalue weighted by molar-refractivity contribution is 5.26. The number of ether oxygens (including phenoxy) is 1. The Hall–Kier alpha value is -1.02. The summed E-state index contributed by atoms with van der Waals surface area (Å²) in [5.41, 5.74) is 1.78. The van der Waals surface area contributed by atoms with Crippen LogP contribution in [0.3, 0.4) is 0 Å². The Morgan fingerprint density at radius 2 is 1.95 bits per heavy atom. The first kappa shape index (κ1) is 16.4. The zero-order valence-electron chi connectivity index (χ0n) is 14.3. The second-order valence-electron chi connectivity index (χ2n) is 7.68. The van der Waals surface area contributed by atoms with Crippen LogP contribution in [-0.2, 0) is 0 Å². The summed E-state index contributed by atoms with van der Waals surface area (Å²) in [6.45, 7) is 12.2. The van der Waals surface area contributed by atoms with Gasteiger partial charge in [0.15, 0.2) is 0 Å². The van der Waals surface area contributed by atoms with E-state index in [9.17, 15) is 0 Å². The first-order valence-electron chi connectivity index (χ1n) is 8.31. The van der Waals surface area contributed by atoms with Crippen LogP contribution in [0, 0.1) is 18.3 Å². The molecule has 1 aromatic rings. The summed E-state index contributed by atoms with van der Waals surface area (Å²) in [4.78, 5) is 0. The molecule has 1 saturated carbocycles. The van der Waals surface area contributed by atoms with Crippen LogP contribution in [0.25, 0.3) is 0 Å². The van der Waals surface area contributed by atoms with E-state index in [4.69, 9.17) is 4.74 Å². The SMILES string of the molecule is Cc1ccc(OCC(C)NC2CCC(C)(C)CC2C)cc1. The Labute approximate surface area is 130 Å². The summed E-state index contributed by atoms with van der Waals surface area (Å²) < 4.78 is 5.88. The summed E-state index contributed by atoms with van der Waals surface area (Å²) in [6, 6.07) is 9.31. The first-order valence-corrected chi connectivity index (χ1v) is 8.31. The van der Waals surface area contributed by atoms with Gasteiger partial charge in [0.2, 0.25) is 0 Å². The van der Waals surface area contributed by atoms with Gasteiger partial charge in [-0.1, -0.05) is 38.5 Å². The lowest BCUT2D eigenvalue weighted by Gasteiger charge is -2.40. The minimum atomic E-state index is 0.389. The van der Waals surface area contributed by atoms with Gasteiger partial charge in [0.25, 0.3) is 0 Å². The highest BCUT2D eigenvalue weighted by atomic mass is 16.5. The molecule has 21 heavy (non-hydrogen) atoms. The Balaban J connectivity index is 1.77. The molecule has 0 spiro atoms. The fourth-order valence-corrected chi connectivity index (χ4v) is 3.46. The number of benzene rings is 1. The first-order chi connectivity index (χ1) is 9.85. The molecule has 1 aliphatic carbocycles. The third kappa shape index (κ3) is 5.03. The summed E-state index contributed by atoms with van der Waals surface area (Å²) in [7, 11) is 0. The van der Waals surface area contributed by atoms with Gasteiger partial charge in [-0.05, 0) is 56.6 Å². The molecule has 0 aliphatic heterocycles. The van der Waals surface area contributed by atoms with Crippen molar-refractivity contribution in [1.29, 1.82) is 0 Å². The third-order valence-corrected chi connectivity index (χ3v) is 4.71. The molecule has 1 fully saturated rings. The van der Waals surface area contributed by atoms with Crippen LogP contribution in [0.1, 0.15) is 52.5 Å². The van der Waals surface area contributed by atoms with Crippen molar-refractivity contribution >= 4 is 0 Å². The lowest BCUT2D eigenvalue weighted by atomic mass is 9.70. The average molecular weight is 289 g/mol. The van der Waals surface area contributed by atoms with Gasteiger partial charge in [-0.3, -0.25) is 0 Å². The van der Waals surface area contributed by atoms with Crippen LogP contribution in [0.4, 0.5) is 0 Å². The highest BCUT2D eigenvalue weighted by Gasteiger charge is 2.32. The van der Waals surface area contributed by atoms with Crippen molar-refractivity contribution in [2.75, 3.05) is 6.61 Å². The molecular weight excluding hydrogens is 258 g/mol. The molecule has 0 heterocycles. The number of hydrogen-bond donors (Lipinski definition) is 1. The number of nitrogens with one attached hydrogen (secondary N) is 1. The predicted molar refractivity (Wildman–Crippen MR) is 89.9 cm³/mol. The van der Waals surface area contributed by atoms with Crippen LogP contribution in [-0.4, -0.2) is 18.7 Å². The van der Waals surface area contributed by atoms with Crippen molar-refractivity contribution < 1.29 is 4.74 Å². The van der Waals surface area contributed by atoms with Gasteiger partial charge in [0.1, 0.15) is 12.4 Å². The molecule has 1 aliphatic rings. The second kappa shape index (κ2) is 6.83. The van der Waals surface area contributed by atoms with Gasteiger partial charge >= 0.3 is 0 Å². The van der Waals surface area contributed by atoms with Crippen molar-refractivity contribution in [1.82, 2.24) is 5.32 Å². The van der Waals surface area contributed by atoms with E-state index in [1.54, 1.807) is 0 Å². The maximum Gasteiger partial charge on any atom is 0.119 e. The van der Waals surface area contributed by atoms with Crippen molar-refractivity contribution in [2.24, 2.45) is 11.3 Å². The van der Waals surface area contributed by atoms with Crippen LogP contribution < -0.4 is 10.1 Å². The molecule has 3 unspecified atom stereocenters. The maximum atomic E-state index is 5.88. The molecule has 1 N–H and O–H groups in total. The molecule has 3 atom stereocenters. The van der Waals surface area contributed by atoms with Gasteiger partial charge in [-0.2, -0.15) is 0 Å². The second-order valence-corrected chi connectivity index (χ2v) is 7.68. The van der Waals surface area contributed by atoms with E-state index >= 15 is 0 Å². The van der Waals surface area contributed by atoms with Crippen LogP contribution in [0.15, 0.2) is 24.3 Å². The lowest BCUT2D eigenvalue weighted by molar-refractivity contribution is 0.134. The number of aryl methyl sites for hydroxylation is 1. The molecule has 0 aromatic heterocycles. The Morgan fingerprint density at radius 1 is 1.29 bits per heavy atom. The van der Waals surface area contributed by atoms with E-state index < -0.39 is 0 Å². The van der Waals surface area contributed by atoms with E-state index in [1.165, 1.54) is 24.8 Å². The number of hydrogen-bond acceptors (Lipinski definition) is 2. The molecule has 2 rings (SSSR count). The van der Waals surface area contributed by atoms with Crippen molar-refractivity contribution in [3.63, 3.8) is 0 Å². The Bertz CT molecular complexity index is 437. The Kier molecular flexibility index (Phi) is 5.32. The van der Waals surface area contributed by atoms with Gasteiger partial charge in [-0.15, -0.1) is 0 Å². The standard InChI is InChI=1S/C19H31NO/c1-14-6-8-17(9-7-14)21-13-16(3)20-18-10-11-19(4,5)12-15(18)2/h6-9,15-16,18,20H,10-13H2,1-5H3. The Morgan fingerprint density at radius 3 is 2.57 bits per heavy atom. The largest absolute Gasteiger partial charge is 0.492 e. The number of rotatable bonds is 5. The molecule has 0 radical (unpaired) electrons. The molecule has 0 amide bonds. The summed E-state index contributed by atoms with van der Waals surface area (Å²) in [5, 5.41) is 3.76. The predicted octanol–water partition coefficient (Wildman–Crippen LogP) is 4.57. The van der Waals surface area contributed by atoms with Crippen LogP contribution >= 0.6 is 0 Å². The van der Waals surface area contributed by atoms with Crippen molar-refractivity contribution in [3.05, 3.63) is 29.8 Å². The van der Waals surface area contributed by atoms with Gasteiger partial charge in [0, 0.05) is 12.1 Å². The molecule has 118 valence electrons. The molecular formula is C19H31NO. The van der Waals surface area contributed by atoms with Crippen LogP contribution in [0.2, 0.25) is 0 Å². The lowest BCUT2D eigenvalue weighted by Crippen LogP contribution is -2.47.